The zero-order valence-corrected chi connectivity index (χ0v) is 15.3. The van der Waals surface area contributed by atoms with Gasteiger partial charge < -0.3 is 5.32 Å². The Balaban J connectivity index is 1.89. The Labute approximate surface area is 166 Å². The van der Waals surface area contributed by atoms with Crippen molar-refractivity contribution in [2.24, 2.45) is 0 Å². The molecule has 0 aliphatic rings. The summed E-state index contributed by atoms with van der Waals surface area (Å²) in [5.74, 6) is -0.688. The lowest BCUT2D eigenvalue weighted by Gasteiger charge is -2.11. The van der Waals surface area contributed by atoms with Gasteiger partial charge in [-0.2, -0.15) is 13.2 Å². The fraction of sp³-hybridized carbons (Fsp3) is 0.0526. The zero-order valence-electron chi connectivity index (χ0n) is 14.5. The van der Waals surface area contributed by atoms with Gasteiger partial charge in [0.1, 0.15) is 5.03 Å². The Bertz CT molecular complexity index is 1040. The van der Waals surface area contributed by atoms with Crippen molar-refractivity contribution >= 4 is 29.0 Å². The van der Waals surface area contributed by atoms with Crippen molar-refractivity contribution in [3.8, 4) is 0 Å². The largest absolute Gasteiger partial charge is 0.416 e. The lowest BCUT2D eigenvalue weighted by molar-refractivity contribution is -0.384. The van der Waals surface area contributed by atoms with E-state index in [-0.39, 0.29) is 16.9 Å². The molecule has 0 fully saturated rings. The highest BCUT2D eigenvalue weighted by atomic mass is 32.2. The van der Waals surface area contributed by atoms with E-state index in [0.717, 1.165) is 42.1 Å². The Morgan fingerprint density at radius 3 is 2.38 bits per heavy atom. The Morgan fingerprint density at radius 1 is 1.07 bits per heavy atom. The number of non-ortho nitro benzene ring substituents is 1. The third-order valence-corrected chi connectivity index (χ3v) is 4.77. The summed E-state index contributed by atoms with van der Waals surface area (Å²) in [6.07, 6.45) is -2.93. The number of pyridine rings is 1. The lowest BCUT2D eigenvalue weighted by atomic mass is 10.1. The summed E-state index contributed by atoms with van der Waals surface area (Å²) in [7, 11) is 0. The molecule has 1 heterocycles. The molecule has 148 valence electrons. The van der Waals surface area contributed by atoms with Crippen LogP contribution in [0.5, 0.6) is 0 Å². The average molecular weight is 419 g/mol. The molecule has 29 heavy (non-hydrogen) atoms. The molecule has 2 aromatic carbocycles. The molecule has 0 saturated carbocycles. The molecule has 0 unspecified atom stereocenters. The topological polar surface area (TPSA) is 85.1 Å². The van der Waals surface area contributed by atoms with Gasteiger partial charge in [-0.15, -0.1) is 0 Å². The number of carbonyl (C=O) groups is 1. The maximum Gasteiger partial charge on any atom is 0.416 e. The number of halogens is 3. The summed E-state index contributed by atoms with van der Waals surface area (Å²) < 4.78 is 38.0. The molecule has 0 radical (unpaired) electrons. The molecular weight excluding hydrogens is 407 g/mol. The standard InChI is InChI=1S/C19H12F3N3O3S/c20-19(21,22)12-4-6-13(7-5-12)24-18(26)15-11-14(25(27)28)8-9-16(15)29-17-3-1-2-10-23-17/h1-11H,(H,24,26). The van der Waals surface area contributed by atoms with Crippen LogP contribution in [0.15, 0.2) is 76.8 Å². The molecule has 0 aliphatic carbocycles. The van der Waals surface area contributed by atoms with E-state index < -0.39 is 22.6 Å². The number of amides is 1. The fourth-order valence-corrected chi connectivity index (χ4v) is 3.24. The monoisotopic (exact) mass is 419 g/mol. The summed E-state index contributed by atoms with van der Waals surface area (Å²) in [5.41, 5.74) is -0.997. The van der Waals surface area contributed by atoms with E-state index in [4.69, 9.17) is 0 Å². The maximum atomic E-state index is 12.7. The Morgan fingerprint density at radius 2 is 1.79 bits per heavy atom. The highest BCUT2D eigenvalue weighted by molar-refractivity contribution is 7.99. The summed E-state index contributed by atoms with van der Waals surface area (Å²) in [5, 5.41) is 14.1. The predicted molar refractivity (Wildman–Crippen MR) is 101 cm³/mol. The first-order chi connectivity index (χ1) is 13.7. The van der Waals surface area contributed by atoms with E-state index in [1.54, 1.807) is 24.4 Å². The van der Waals surface area contributed by atoms with Gasteiger partial charge in [0.05, 0.1) is 16.1 Å². The molecule has 0 saturated heterocycles. The van der Waals surface area contributed by atoms with E-state index >= 15 is 0 Å². The van der Waals surface area contributed by atoms with Crippen molar-refractivity contribution < 1.29 is 22.9 Å². The van der Waals surface area contributed by atoms with Gasteiger partial charge in [0, 0.05) is 28.9 Å². The lowest BCUT2D eigenvalue weighted by Crippen LogP contribution is -2.14. The first-order valence-electron chi connectivity index (χ1n) is 8.10. The number of nitro groups is 1. The van der Waals surface area contributed by atoms with E-state index in [1.807, 2.05) is 0 Å². The van der Waals surface area contributed by atoms with Crippen molar-refractivity contribution in [3.05, 3.63) is 88.1 Å². The number of anilines is 1. The fourth-order valence-electron chi connectivity index (χ4n) is 2.36. The van der Waals surface area contributed by atoms with Crippen LogP contribution in [0.25, 0.3) is 0 Å². The Kier molecular flexibility index (Phi) is 5.83. The van der Waals surface area contributed by atoms with Gasteiger partial charge in [-0.05, 0) is 42.5 Å². The number of hydrogen-bond acceptors (Lipinski definition) is 5. The highest BCUT2D eigenvalue weighted by Gasteiger charge is 2.30. The first-order valence-corrected chi connectivity index (χ1v) is 8.91. The number of aromatic nitrogens is 1. The highest BCUT2D eigenvalue weighted by Crippen LogP contribution is 2.33. The molecule has 3 aromatic rings. The van der Waals surface area contributed by atoms with Crippen molar-refractivity contribution in [2.45, 2.75) is 16.1 Å². The third kappa shape index (κ3) is 5.11. The smallest absolute Gasteiger partial charge is 0.322 e. The van der Waals surface area contributed by atoms with Crippen LogP contribution in [0.1, 0.15) is 15.9 Å². The zero-order chi connectivity index (χ0) is 21.0. The van der Waals surface area contributed by atoms with Crippen LogP contribution in [0.4, 0.5) is 24.5 Å². The van der Waals surface area contributed by atoms with E-state index in [2.05, 4.69) is 10.3 Å². The maximum absolute atomic E-state index is 12.7. The molecule has 1 N–H and O–H groups in total. The van der Waals surface area contributed by atoms with Crippen LogP contribution in [0.3, 0.4) is 0 Å². The Hall–Kier alpha value is -3.40. The predicted octanol–water partition coefficient (Wildman–Crippen LogP) is 5.41. The van der Waals surface area contributed by atoms with Crippen molar-refractivity contribution in [3.63, 3.8) is 0 Å². The normalized spacial score (nSPS) is 11.1. The minimum absolute atomic E-state index is 0.00903. The number of rotatable bonds is 5. The molecular formula is C19H12F3N3O3S. The molecule has 1 amide bonds. The van der Waals surface area contributed by atoms with E-state index in [9.17, 15) is 28.1 Å². The quantitative estimate of drug-likeness (QED) is 0.441. The molecule has 1 aromatic heterocycles. The average Bonchev–Trinajstić information content (AvgIpc) is 2.68. The van der Waals surface area contributed by atoms with Crippen LogP contribution in [0.2, 0.25) is 0 Å². The van der Waals surface area contributed by atoms with Crippen LogP contribution >= 0.6 is 11.8 Å². The molecule has 3 rings (SSSR count). The SMILES string of the molecule is O=C(Nc1ccc(C(F)(F)F)cc1)c1cc([N+](=O)[O-])ccc1Sc1ccccn1. The number of nitrogens with one attached hydrogen (secondary N) is 1. The van der Waals surface area contributed by atoms with Gasteiger partial charge in [-0.1, -0.05) is 17.8 Å². The summed E-state index contributed by atoms with van der Waals surface area (Å²) in [6.45, 7) is 0. The first kappa shape index (κ1) is 20.3. The molecule has 0 spiro atoms. The second-order valence-electron chi connectivity index (χ2n) is 5.74. The van der Waals surface area contributed by atoms with Gasteiger partial charge in [0.25, 0.3) is 11.6 Å². The van der Waals surface area contributed by atoms with Gasteiger partial charge in [-0.25, -0.2) is 4.98 Å². The van der Waals surface area contributed by atoms with Crippen LogP contribution in [-0.2, 0) is 6.18 Å². The number of alkyl halides is 3. The number of benzene rings is 2. The van der Waals surface area contributed by atoms with Crippen LogP contribution in [-0.4, -0.2) is 15.8 Å². The van der Waals surface area contributed by atoms with E-state index in [1.165, 1.54) is 12.1 Å². The minimum Gasteiger partial charge on any atom is -0.322 e. The molecule has 0 bridgehead atoms. The third-order valence-electron chi connectivity index (χ3n) is 3.74. The summed E-state index contributed by atoms with van der Waals surface area (Å²) >= 11 is 1.14. The second-order valence-corrected chi connectivity index (χ2v) is 6.80. The number of carbonyl (C=O) groups excluding carboxylic acids is 1. The molecule has 0 atom stereocenters. The minimum atomic E-state index is -4.49. The number of nitrogens with zero attached hydrogens (tertiary/aromatic N) is 2. The van der Waals surface area contributed by atoms with Gasteiger partial charge in [0.15, 0.2) is 0 Å². The number of hydrogen-bond donors (Lipinski definition) is 1. The van der Waals surface area contributed by atoms with E-state index in [0.29, 0.717) is 9.92 Å². The van der Waals surface area contributed by atoms with Gasteiger partial charge in [-0.3, -0.25) is 14.9 Å². The van der Waals surface area contributed by atoms with Crippen molar-refractivity contribution in [2.75, 3.05) is 5.32 Å². The number of nitro benzene ring substituents is 1. The molecule has 0 aliphatic heterocycles. The molecule has 10 heteroatoms. The molecule has 6 nitrogen and oxygen atoms in total. The van der Waals surface area contributed by atoms with Crippen molar-refractivity contribution in [1.82, 2.24) is 4.98 Å². The summed E-state index contributed by atoms with van der Waals surface area (Å²) in [4.78, 5) is 27.7. The van der Waals surface area contributed by atoms with Crippen LogP contribution < -0.4 is 5.32 Å². The van der Waals surface area contributed by atoms with Gasteiger partial charge in [0.2, 0.25) is 0 Å². The second kappa shape index (κ2) is 8.31. The summed E-state index contributed by atoms with van der Waals surface area (Å²) in [6, 6.07) is 12.9. The van der Waals surface area contributed by atoms with Gasteiger partial charge >= 0.3 is 6.18 Å². The van der Waals surface area contributed by atoms with Crippen LogP contribution in [0, 0.1) is 10.1 Å². The van der Waals surface area contributed by atoms with Crippen molar-refractivity contribution in [1.29, 1.82) is 0 Å².